The Kier molecular flexibility index (Phi) is 4.74. The van der Waals surface area contributed by atoms with Gasteiger partial charge in [-0.3, -0.25) is 4.79 Å². The molecule has 0 aromatic heterocycles. The highest BCUT2D eigenvalue weighted by Gasteiger charge is 2.01. The molecule has 20 heavy (non-hydrogen) atoms. The van der Waals surface area contributed by atoms with E-state index in [4.69, 9.17) is 10.8 Å². The predicted octanol–water partition coefficient (Wildman–Crippen LogP) is 1.93. The molecule has 0 spiro atoms. The molecule has 0 aliphatic carbocycles. The van der Waals surface area contributed by atoms with Crippen molar-refractivity contribution in [3.8, 4) is 0 Å². The number of amides is 1. The van der Waals surface area contributed by atoms with E-state index in [-0.39, 0.29) is 6.61 Å². The van der Waals surface area contributed by atoms with Crippen molar-refractivity contribution < 1.29 is 9.90 Å². The Labute approximate surface area is 118 Å². The zero-order valence-corrected chi connectivity index (χ0v) is 11.2. The number of primary amides is 1. The summed E-state index contributed by atoms with van der Waals surface area (Å²) in [6.45, 7) is 0.785. The van der Waals surface area contributed by atoms with Gasteiger partial charge in [0, 0.05) is 24.4 Å². The quantitative estimate of drug-likeness (QED) is 0.750. The summed E-state index contributed by atoms with van der Waals surface area (Å²) in [6.07, 6.45) is 0.668. The number of aliphatic hydroxyl groups excluding tert-OH is 1. The molecule has 0 saturated heterocycles. The number of rotatable bonds is 6. The highest BCUT2D eigenvalue weighted by molar-refractivity contribution is 5.92. The average molecular weight is 270 g/mol. The molecule has 0 unspecified atom stereocenters. The van der Waals surface area contributed by atoms with E-state index in [2.05, 4.69) is 5.32 Å². The number of carbonyl (C=O) groups is 1. The second-order valence-electron chi connectivity index (χ2n) is 4.59. The average Bonchev–Trinajstić information content (AvgIpc) is 2.47. The van der Waals surface area contributed by atoms with Gasteiger partial charge in [0.05, 0.1) is 0 Å². The van der Waals surface area contributed by atoms with Crippen molar-refractivity contribution in [1.82, 2.24) is 0 Å². The normalized spacial score (nSPS) is 10.2. The molecule has 0 saturated carbocycles. The topological polar surface area (TPSA) is 75.4 Å². The van der Waals surface area contributed by atoms with Gasteiger partial charge >= 0.3 is 0 Å². The van der Waals surface area contributed by atoms with Crippen molar-refractivity contribution in [2.24, 2.45) is 5.73 Å². The number of nitrogens with one attached hydrogen (secondary N) is 1. The first-order chi connectivity index (χ1) is 9.69. The molecular weight excluding hydrogens is 252 g/mol. The van der Waals surface area contributed by atoms with Crippen molar-refractivity contribution in [3.63, 3.8) is 0 Å². The summed E-state index contributed by atoms with van der Waals surface area (Å²) in [6, 6.07) is 15.2. The molecule has 0 bridgehead atoms. The number of nitrogens with two attached hydrogens (primary N) is 1. The smallest absolute Gasteiger partial charge is 0.248 e. The van der Waals surface area contributed by atoms with Gasteiger partial charge in [0.15, 0.2) is 0 Å². The largest absolute Gasteiger partial charge is 0.396 e. The minimum atomic E-state index is -0.416. The van der Waals surface area contributed by atoms with E-state index in [1.165, 1.54) is 0 Å². The lowest BCUT2D eigenvalue weighted by atomic mass is 10.1. The number of anilines is 1. The van der Waals surface area contributed by atoms with Crippen LogP contribution in [0.4, 0.5) is 5.69 Å². The molecule has 4 nitrogen and oxygen atoms in total. The monoisotopic (exact) mass is 270 g/mol. The van der Waals surface area contributed by atoms with E-state index in [0.717, 1.165) is 16.8 Å². The minimum Gasteiger partial charge on any atom is -0.396 e. The van der Waals surface area contributed by atoms with Crippen LogP contribution in [0, 0.1) is 0 Å². The van der Waals surface area contributed by atoms with Gasteiger partial charge in [-0.25, -0.2) is 0 Å². The van der Waals surface area contributed by atoms with Crippen LogP contribution in [-0.4, -0.2) is 17.6 Å². The zero-order valence-electron chi connectivity index (χ0n) is 11.2. The van der Waals surface area contributed by atoms with Gasteiger partial charge in [0.2, 0.25) is 5.91 Å². The molecule has 0 fully saturated rings. The molecule has 4 N–H and O–H groups in total. The first-order valence-electron chi connectivity index (χ1n) is 6.51. The summed E-state index contributed by atoms with van der Waals surface area (Å²) in [5.41, 5.74) is 8.87. The van der Waals surface area contributed by atoms with Crippen LogP contribution >= 0.6 is 0 Å². The molecule has 2 aromatic carbocycles. The number of carbonyl (C=O) groups excluding carboxylic acids is 1. The van der Waals surface area contributed by atoms with Crippen molar-refractivity contribution in [2.45, 2.75) is 13.0 Å². The van der Waals surface area contributed by atoms with E-state index < -0.39 is 5.91 Å². The summed E-state index contributed by atoms with van der Waals surface area (Å²) < 4.78 is 0. The Morgan fingerprint density at radius 1 is 1.10 bits per heavy atom. The number of hydrogen-bond donors (Lipinski definition) is 3. The van der Waals surface area contributed by atoms with Crippen LogP contribution in [0.3, 0.4) is 0 Å². The molecule has 1 amide bonds. The highest BCUT2D eigenvalue weighted by Crippen LogP contribution is 2.12. The summed E-state index contributed by atoms with van der Waals surface area (Å²) >= 11 is 0. The third-order valence-corrected chi connectivity index (χ3v) is 3.06. The first-order valence-corrected chi connectivity index (χ1v) is 6.51. The zero-order chi connectivity index (χ0) is 14.4. The fourth-order valence-corrected chi connectivity index (χ4v) is 1.96. The summed E-state index contributed by atoms with van der Waals surface area (Å²) in [5.74, 6) is -0.416. The van der Waals surface area contributed by atoms with Gasteiger partial charge in [-0.2, -0.15) is 0 Å². The molecule has 2 aromatic rings. The van der Waals surface area contributed by atoms with Gasteiger partial charge in [-0.05, 0) is 41.8 Å². The van der Waals surface area contributed by atoms with E-state index in [0.29, 0.717) is 18.5 Å². The fraction of sp³-hybridized carbons (Fsp3) is 0.188. The van der Waals surface area contributed by atoms with Crippen LogP contribution in [0.1, 0.15) is 21.5 Å². The third kappa shape index (κ3) is 3.83. The third-order valence-electron chi connectivity index (χ3n) is 3.06. The predicted molar refractivity (Wildman–Crippen MR) is 79.5 cm³/mol. The molecule has 0 radical (unpaired) electrons. The standard InChI is InChI=1S/C16H18N2O2/c17-16(20)14-3-1-2-13(10-14)11-18-15-6-4-12(5-7-15)8-9-19/h1-7,10,18-19H,8-9,11H2,(H2,17,20). The van der Waals surface area contributed by atoms with Crippen LogP contribution in [0.25, 0.3) is 0 Å². The summed E-state index contributed by atoms with van der Waals surface area (Å²) in [7, 11) is 0. The summed E-state index contributed by atoms with van der Waals surface area (Å²) in [5, 5.41) is 12.1. The van der Waals surface area contributed by atoms with E-state index in [1.807, 2.05) is 36.4 Å². The van der Waals surface area contributed by atoms with E-state index >= 15 is 0 Å². The van der Waals surface area contributed by atoms with Crippen molar-refractivity contribution in [3.05, 3.63) is 65.2 Å². The molecule has 0 aliphatic heterocycles. The fourth-order valence-electron chi connectivity index (χ4n) is 1.96. The lowest BCUT2D eigenvalue weighted by Gasteiger charge is -2.08. The van der Waals surface area contributed by atoms with Crippen LogP contribution in [0.2, 0.25) is 0 Å². The number of hydrogen-bond acceptors (Lipinski definition) is 3. The molecule has 104 valence electrons. The van der Waals surface area contributed by atoms with E-state index in [9.17, 15) is 4.79 Å². The molecular formula is C16H18N2O2. The SMILES string of the molecule is NC(=O)c1cccc(CNc2ccc(CCO)cc2)c1. The first kappa shape index (κ1) is 14.1. The van der Waals surface area contributed by atoms with Crippen molar-refractivity contribution in [1.29, 1.82) is 0 Å². The van der Waals surface area contributed by atoms with Crippen LogP contribution in [0.5, 0.6) is 0 Å². The maximum absolute atomic E-state index is 11.1. The molecule has 0 heterocycles. The van der Waals surface area contributed by atoms with Crippen molar-refractivity contribution in [2.75, 3.05) is 11.9 Å². The van der Waals surface area contributed by atoms with Crippen LogP contribution < -0.4 is 11.1 Å². The Bertz CT molecular complexity index is 579. The van der Waals surface area contributed by atoms with Crippen molar-refractivity contribution >= 4 is 11.6 Å². The van der Waals surface area contributed by atoms with Crippen LogP contribution in [0.15, 0.2) is 48.5 Å². The van der Waals surface area contributed by atoms with Crippen LogP contribution in [-0.2, 0) is 13.0 Å². The summed E-state index contributed by atoms with van der Waals surface area (Å²) in [4.78, 5) is 11.1. The van der Waals surface area contributed by atoms with Gasteiger partial charge in [-0.15, -0.1) is 0 Å². The molecule has 0 aliphatic rings. The lowest BCUT2D eigenvalue weighted by Crippen LogP contribution is -2.11. The second-order valence-corrected chi connectivity index (χ2v) is 4.59. The van der Waals surface area contributed by atoms with Gasteiger partial charge < -0.3 is 16.2 Å². The number of benzene rings is 2. The van der Waals surface area contributed by atoms with Gasteiger partial charge in [-0.1, -0.05) is 24.3 Å². The van der Waals surface area contributed by atoms with Gasteiger partial charge in [0.1, 0.15) is 0 Å². The molecule has 0 atom stereocenters. The Hall–Kier alpha value is -2.33. The minimum absolute atomic E-state index is 0.159. The van der Waals surface area contributed by atoms with E-state index in [1.54, 1.807) is 12.1 Å². The lowest BCUT2D eigenvalue weighted by molar-refractivity contribution is 0.1000. The molecule has 2 rings (SSSR count). The Morgan fingerprint density at radius 3 is 2.50 bits per heavy atom. The Morgan fingerprint density at radius 2 is 1.85 bits per heavy atom. The van der Waals surface area contributed by atoms with Gasteiger partial charge in [0.25, 0.3) is 0 Å². The maximum Gasteiger partial charge on any atom is 0.248 e. The molecule has 4 heteroatoms. The maximum atomic E-state index is 11.1. The Balaban J connectivity index is 1.97. The number of aliphatic hydroxyl groups is 1. The highest BCUT2D eigenvalue weighted by atomic mass is 16.2. The second kappa shape index (κ2) is 6.73.